The van der Waals surface area contributed by atoms with E-state index in [1.165, 1.54) is 0 Å². The molecule has 0 saturated carbocycles. The van der Waals surface area contributed by atoms with Gasteiger partial charge in [-0.2, -0.15) is 0 Å². The predicted octanol–water partition coefficient (Wildman–Crippen LogP) is -2.47. The monoisotopic (exact) mass is 183 g/mol. The van der Waals surface area contributed by atoms with Crippen LogP contribution in [0.5, 0.6) is 0 Å². The second kappa shape index (κ2) is 4.37. The molecule has 0 N–H and O–H groups in total. The summed E-state index contributed by atoms with van der Waals surface area (Å²) >= 11 is -2.23. The maximum Gasteiger partial charge on any atom is 1.00 e. The second-order valence-electron chi connectivity index (χ2n) is 1.89. The number of rotatable bonds is 1. The smallest absolute Gasteiger partial charge is 0.768 e. The van der Waals surface area contributed by atoms with Crippen LogP contribution in [0.2, 0.25) is 0 Å². The fraction of sp³-hybridized carbons (Fsp3) is 0.400. The van der Waals surface area contributed by atoms with E-state index in [1.54, 1.807) is 13.8 Å². The minimum Gasteiger partial charge on any atom is -0.768 e. The van der Waals surface area contributed by atoms with Gasteiger partial charge in [-0.25, -0.2) is 0 Å². The molecule has 0 amide bonds. The Hall–Kier alpha value is 0.320. The van der Waals surface area contributed by atoms with Crippen LogP contribution >= 0.6 is 0 Å². The molecule has 0 fully saturated rings. The van der Waals surface area contributed by atoms with Crippen LogP contribution in [-0.4, -0.2) is 13.9 Å². The van der Waals surface area contributed by atoms with Crippen molar-refractivity contribution >= 4 is 11.1 Å². The van der Waals surface area contributed by atoms with Crippen molar-refractivity contribution in [3.05, 3.63) is 11.5 Å². The van der Waals surface area contributed by atoms with E-state index in [1.807, 2.05) is 0 Å². The Balaban J connectivity index is 0.000001000. The molecule has 4 nitrogen and oxygen atoms in total. The van der Waals surface area contributed by atoms with Crippen molar-refractivity contribution in [3.63, 3.8) is 0 Å². The number of aryl methyl sites for hydroxylation is 2. The topological polar surface area (TPSA) is 66.2 Å². The molecule has 0 aliphatic carbocycles. The zero-order valence-electron chi connectivity index (χ0n) is 6.58. The van der Waals surface area contributed by atoms with Gasteiger partial charge in [-0.05, 0) is 24.9 Å². The minimum absolute atomic E-state index is 0. The van der Waals surface area contributed by atoms with Gasteiger partial charge in [-0.3, -0.25) is 4.21 Å². The summed E-state index contributed by atoms with van der Waals surface area (Å²) in [6.45, 7) is 3.15. The molecule has 0 spiro atoms. The maximum atomic E-state index is 10.4. The molecule has 1 atom stereocenters. The van der Waals surface area contributed by atoms with E-state index in [-0.39, 0.29) is 34.5 Å². The van der Waals surface area contributed by atoms with E-state index in [2.05, 4.69) is 9.68 Å². The molecular weight excluding hydrogens is 177 g/mol. The van der Waals surface area contributed by atoms with Gasteiger partial charge in [0.2, 0.25) is 0 Å². The zero-order chi connectivity index (χ0) is 7.72. The van der Waals surface area contributed by atoms with E-state index in [0.29, 0.717) is 11.5 Å². The molecule has 11 heavy (non-hydrogen) atoms. The third-order valence-corrected chi connectivity index (χ3v) is 2.05. The van der Waals surface area contributed by atoms with Gasteiger partial charge in [0.05, 0.1) is 10.6 Å². The number of hydrogen-bond acceptors (Lipinski definition) is 4. The van der Waals surface area contributed by atoms with E-state index in [4.69, 9.17) is 0 Å². The summed E-state index contributed by atoms with van der Waals surface area (Å²) in [4.78, 5) is 0.167. The summed E-state index contributed by atoms with van der Waals surface area (Å²) in [5.74, 6) is 0.339. The Kier molecular flexibility index (Phi) is 4.50. The Morgan fingerprint density at radius 3 is 2.27 bits per heavy atom. The van der Waals surface area contributed by atoms with Crippen LogP contribution in [0.3, 0.4) is 0 Å². The van der Waals surface area contributed by atoms with E-state index in [0.717, 1.165) is 0 Å². The molecular formula is C5H6NNaO3S. The first kappa shape index (κ1) is 11.3. The maximum absolute atomic E-state index is 10.4. The van der Waals surface area contributed by atoms with Crippen LogP contribution in [0.1, 0.15) is 11.5 Å². The van der Waals surface area contributed by atoms with Crippen LogP contribution < -0.4 is 29.6 Å². The first-order chi connectivity index (χ1) is 4.63. The number of aromatic nitrogens is 1. The van der Waals surface area contributed by atoms with Gasteiger partial charge in [0.15, 0.2) is 0 Å². The molecule has 1 heterocycles. The molecule has 0 aliphatic heterocycles. The van der Waals surface area contributed by atoms with Gasteiger partial charge >= 0.3 is 29.6 Å². The van der Waals surface area contributed by atoms with Crippen LogP contribution in [0.25, 0.3) is 0 Å². The van der Waals surface area contributed by atoms with Crippen molar-refractivity contribution in [2.45, 2.75) is 18.7 Å². The number of nitrogens with zero attached hydrogens (tertiary/aromatic N) is 1. The third kappa shape index (κ3) is 2.38. The van der Waals surface area contributed by atoms with Gasteiger partial charge in [0, 0.05) is 0 Å². The van der Waals surface area contributed by atoms with Crippen molar-refractivity contribution in [1.82, 2.24) is 5.16 Å². The molecule has 6 heteroatoms. The average molecular weight is 183 g/mol. The Morgan fingerprint density at radius 2 is 2.09 bits per heavy atom. The first-order valence-corrected chi connectivity index (χ1v) is 3.72. The summed E-state index contributed by atoms with van der Waals surface area (Å²) in [5.41, 5.74) is 0.408. The predicted molar refractivity (Wildman–Crippen MR) is 33.2 cm³/mol. The molecule has 0 radical (unpaired) electrons. The molecule has 1 rings (SSSR count). The van der Waals surface area contributed by atoms with Crippen LogP contribution in [-0.2, 0) is 11.1 Å². The minimum atomic E-state index is -2.23. The summed E-state index contributed by atoms with van der Waals surface area (Å²) < 4.78 is 25.4. The van der Waals surface area contributed by atoms with Gasteiger partial charge in [0.25, 0.3) is 0 Å². The average Bonchev–Trinajstić information content (AvgIpc) is 2.11. The van der Waals surface area contributed by atoms with Gasteiger partial charge in [0.1, 0.15) is 5.76 Å². The second-order valence-corrected chi connectivity index (χ2v) is 2.77. The SMILES string of the molecule is Cc1noc(C)c1S(=O)[O-].[Na+]. The Bertz CT molecular complexity index is 253. The first-order valence-electron chi connectivity index (χ1n) is 2.65. The quantitative estimate of drug-likeness (QED) is 0.357. The number of hydrogen-bond donors (Lipinski definition) is 0. The van der Waals surface area contributed by atoms with Gasteiger partial charge in [-0.1, -0.05) is 5.16 Å². The van der Waals surface area contributed by atoms with Gasteiger partial charge in [-0.15, -0.1) is 0 Å². The molecule has 0 aliphatic rings. The molecule has 1 unspecified atom stereocenters. The fourth-order valence-electron chi connectivity index (χ4n) is 0.713. The van der Waals surface area contributed by atoms with Crippen molar-refractivity contribution in [1.29, 1.82) is 0 Å². The van der Waals surface area contributed by atoms with Crippen LogP contribution in [0.4, 0.5) is 0 Å². The van der Waals surface area contributed by atoms with Crippen LogP contribution in [0.15, 0.2) is 9.42 Å². The molecule has 56 valence electrons. The standard InChI is InChI=1S/C5H7NO3S.Na/c1-3-5(10(7)8)4(2)9-6-3;/h1-2H3,(H,7,8);/q;+1/p-1. The van der Waals surface area contributed by atoms with Crippen LogP contribution in [0, 0.1) is 13.8 Å². The van der Waals surface area contributed by atoms with Crippen molar-refractivity contribution in [2.24, 2.45) is 0 Å². The summed E-state index contributed by atoms with van der Waals surface area (Å²) in [6.07, 6.45) is 0. The third-order valence-electron chi connectivity index (χ3n) is 1.13. The molecule has 0 saturated heterocycles. The molecule has 1 aromatic heterocycles. The van der Waals surface area contributed by atoms with Crippen molar-refractivity contribution in [2.75, 3.05) is 0 Å². The largest absolute Gasteiger partial charge is 1.00 e. The molecule has 0 aromatic carbocycles. The van der Waals surface area contributed by atoms with E-state index >= 15 is 0 Å². The van der Waals surface area contributed by atoms with Crippen molar-refractivity contribution < 1.29 is 42.8 Å². The summed E-state index contributed by atoms with van der Waals surface area (Å²) in [5, 5.41) is 3.47. The Morgan fingerprint density at radius 1 is 1.55 bits per heavy atom. The van der Waals surface area contributed by atoms with E-state index < -0.39 is 11.1 Å². The fourth-order valence-corrected chi connectivity index (χ4v) is 1.26. The summed E-state index contributed by atoms with van der Waals surface area (Å²) in [6, 6.07) is 0. The summed E-state index contributed by atoms with van der Waals surface area (Å²) in [7, 11) is 0. The van der Waals surface area contributed by atoms with E-state index in [9.17, 15) is 8.76 Å². The zero-order valence-corrected chi connectivity index (χ0v) is 9.40. The molecule has 1 aromatic rings. The van der Waals surface area contributed by atoms with Gasteiger partial charge < -0.3 is 9.08 Å². The molecule has 0 bridgehead atoms. The Labute approximate surface area is 88.9 Å². The van der Waals surface area contributed by atoms with Crippen molar-refractivity contribution in [3.8, 4) is 0 Å². The normalized spacial score (nSPS) is 12.3.